The van der Waals surface area contributed by atoms with Gasteiger partial charge >= 0.3 is 26.2 Å². The van der Waals surface area contributed by atoms with Crippen molar-refractivity contribution in [3.8, 4) is 5.75 Å². The molecule has 0 radical (unpaired) electrons. The van der Waals surface area contributed by atoms with Crippen molar-refractivity contribution in [2.75, 3.05) is 0 Å². The molecule has 0 bridgehead atoms. The van der Waals surface area contributed by atoms with Gasteiger partial charge in [0.05, 0.1) is 0 Å². The van der Waals surface area contributed by atoms with E-state index in [1.165, 1.54) is 22.8 Å². The topological polar surface area (TPSA) is 23.1 Å². The van der Waals surface area contributed by atoms with Crippen molar-refractivity contribution in [2.24, 2.45) is 5.92 Å². The second kappa shape index (κ2) is 12.2. The number of allylic oxidation sites excluding steroid dienone is 6. The minimum Gasteiger partial charge on any atom is -0.872 e. The van der Waals surface area contributed by atoms with E-state index in [1.54, 1.807) is 21.1 Å². The number of hydrogen-bond donors (Lipinski definition) is 0. The van der Waals surface area contributed by atoms with E-state index in [4.69, 9.17) is 11.6 Å². The molecule has 2 heterocycles. The number of benzene rings is 2. The van der Waals surface area contributed by atoms with E-state index in [0.29, 0.717) is 5.02 Å². The molecule has 3 aromatic carbocycles. The van der Waals surface area contributed by atoms with Crippen LogP contribution in [0.1, 0.15) is 71.6 Å². The molecular weight excluding hydrogens is 623 g/mol. The van der Waals surface area contributed by atoms with Gasteiger partial charge in [-0.2, -0.15) is 6.07 Å². The molecule has 2 aliphatic heterocycles. The number of halogens is 1. The molecule has 1 atom stereocenters. The number of hydrogen-bond acceptors (Lipinski definition) is 2. The minimum absolute atomic E-state index is 0. The van der Waals surface area contributed by atoms with Crippen LogP contribution in [0.2, 0.25) is 18.1 Å². The Balaban J connectivity index is 0.000000167. The third-order valence-electron chi connectivity index (χ3n) is 7.99. The summed E-state index contributed by atoms with van der Waals surface area (Å²) in [6.07, 6.45) is 6.00. The molecule has 5 heteroatoms. The number of fused-ring (bicyclic) bond motifs is 1. The zero-order chi connectivity index (χ0) is 28.9. The van der Waals surface area contributed by atoms with Crippen molar-refractivity contribution >= 4 is 42.2 Å². The van der Waals surface area contributed by atoms with Crippen LogP contribution in [0.4, 0.5) is 0 Å². The Morgan fingerprint density at radius 2 is 1.62 bits per heavy atom. The normalized spacial score (nSPS) is 18.4. The maximum atomic E-state index is 11.9. The molecule has 0 aromatic heterocycles. The van der Waals surface area contributed by atoms with Crippen molar-refractivity contribution in [1.82, 2.24) is 0 Å². The molecule has 1 nitrogen and oxygen atoms in total. The molecule has 3 aromatic rings. The fraction of sp³-hybridized carbons (Fsp3) is 0.400. The summed E-state index contributed by atoms with van der Waals surface area (Å²) < 4.78 is 0. The molecule has 0 spiro atoms. The second-order valence-corrected chi connectivity index (χ2v) is 19.4. The first-order valence-electron chi connectivity index (χ1n) is 14.0. The van der Waals surface area contributed by atoms with Crippen LogP contribution >= 0.6 is 23.4 Å². The number of thioether (sulfide) groups is 1. The van der Waals surface area contributed by atoms with Gasteiger partial charge in [0.25, 0.3) is 0 Å². The summed E-state index contributed by atoms with van der Waals surface area (Å²) in [4.78, 5) is 3.32. The van der Waals surface area contributed by atoms with Crippen LogP contribution in [0.25, 0.3) is 10.8 Å². The third kappa shape index (κ3) is 6.41. The first kappa shape index (κ1) is 33.3. The number of aryl methyl sites for hydroxylation is 1. The Hall–Kier alpha value is -1.19. The Bertz CT molecular complexity index is 1460. The summed E-state index contributed by atoms with van der Waals surface area (Å²) in [7, 11) is -1.08. The summed E-state index contributed by atoms with van der Waals surface area (Å²) in [6, 6.07) is 16.3. The molecule has 3 aliphatic rings. The van der Waals surface area contributed by atoms with Crippen LogP contribution in [-0.4, -0.2) is 8.07 Å². The van der Waals surface area contributed by atoms with Gasteiger partial charge in [-0.15, -0.1) is 46.4 Å². The smallest absolute Gasteiger partial charge is 0.872 e. The molecule has 6 rings (SSSR count). The molecule has 1 unspecified atom stereocenters. The fourth-order valence-electron chi connectivity index (χ4n) is 6.03. The average Bonchev–Trinajstić information content (AvgIpc) is 3.47. The SMILES string of the molecule is CC(C)(C)c1ccc([O-])c(C(C)(C)C)c1Cl.CCC1=C2C3C(=CC=C3[Si]2(C)C)S1.Cc1cc2ccccc2[cH-]1.[Zr+2]. The van der Waals surface area contributed by atoms with Gasteiger partial charge in [-0.05, 0) is 38.2 Å². The standard InChI is InChI=1S/C14H21ClO.C11H14SSi.C10H9.Zr/c1-13(2,3)9-7-8-10(16)11(12(9)15)14(4,5)6;1-4-7-11-10-8(12-7)5-6-9(10)13(11,2)3;1-8-6-9-4-2-3-5-10(9)7-8;/h7-8,16H,1-6H3;5-6,10H,4H2,1-3H3;2-7H,1H3;/q;;-1;+2/p-1. The molecule has 1 saturated heterocycles. The van der Waals surface area contributed by atoms with Gasteiger partial charge < -0.3 is 5.11 Å². The van der Waals surface area contributed by atoms with Gasteiger partial charge in [-0.25, -0.2) is 0 Å². The van der Waals surface area contributed by atoms with Crippen molar-refractivity contribution < 1.29 is 31.3 Å². The van der Waals surface area contributed by atoms with Crippen molar-refractivity contribution in [1.29, 1.82) is 0 Å². The molecule has 0 N–H and O–H groups in total. The van der Waals surface area contributed by atoms with Crippen LogP contribution in [0.15, 0.2) is 80.9 Å². The zero-order valence-electron chi connectivity index (χ0n) is 25.8. The minimum atomic E-state index is -1.08. The van der Waals surface area contributed by atoms with Gasteiger partial charge in [0, 0.05) is 10.9 Å². The van der Waals surface area contributed by atoms with Gasteiger partial charge in [-0.1, -0.05) is 133 Å². The summed E-state index contributed by atoms with van der Waals surface area (Å²) in [5.41, 5.74) is 2.86. The first-order valence-corrected chi connectivity index (χ1v) is 18.2. The van der Waals surface area contributed by atoms with Crippen LogP contribution in [-0.2, 0) is 37.0 Å². The second-order valence-electron chi connectivity index (χ2n) is 13.5. The van der Waals surface area contributed by atoms with E-state index in [-0.39, 0.29) is 42.8 Å². The van der Waals surface area contributed by atoms with Crippen LogP contribution in [0.5, 0.6) is 5.75 Å². The maximum absolute atomic E-state index is 11.9. The molecular formula is C35H43ClOSSiZr. The average molecular weight is 667 g/mol. The van der Waals surface area contributed by atoms with Crippen molar-refractivity contribution in [2.45, 2.75) is 85.7 Å². The van der Waals surface area contributed by atoms with Crippen molar-refractivity contribution in [3.05, 3.63) is 103 Å². The Kier molecular flexibility index (Phi) is 10.2. The molecule has 0 amide bonds. The maximum Gasteiger partial charge on any atom is 2.00 e. The summed E-state index contributed by atoms with van der Waals surface area (Å²) in [5, 5.41) is 18.8. The number of rotatable bonds is 1. The fourth-order valence-corrected chi connectivity index (χ4v) is 12.5. The molecule has 1 fully saturated rings. The summed E-state index contributed by atoms with van der Waals surface area (Å²) in [5.74, 6) is 0.826. The molecule has 40 heavy (non-hydrogen) atoms. The summed E-state index contributed by atoms with van der Waals surface area (Å²) >= 11 is 8.44. The van der Waals surface area contributed by atoms with Gasteiger partial charge in [0.1, 0.15) is 8.07 Å². The Morgan fingerprint density at radius 1 is 0.975 bits per heavy atom. The van der Waals surface area contributed by atoms with E-state index in [1.807, 2.05) is 32.0 Å². The molecule has 0 saturated carbocycles. The van der Waals surface area contributed by atoms with E-state index in [2.05, 4.69) is 108 Å². The van der Waals surface area contributed by atoms with Crippen LogP contribution in [0.3, 0.4) is 0 Å². The Morgan fingerprint density at radius 3 is 2.20 bits per heavy atom. The zero-order valence-corrected chi connectivity index (χ0v) is 30.8. The quantitative estimate of drug-likeness (QED) is 0.191. The van der Waals surface area contributed by atoms with E-state index < -0.39 is 8.07 Å². The van der Waals surface area contributed by atoms with Crippen LogP contribution in [0, 0.1) is 12.8 Å². The predicted octanol–water partition coefficient (Wildman–Crippen LogP) is 10.5. The van der Waals surface area contributed by atoms with Crippen LogP contribution < -0.4 is 5.11 Å². The van der Waals surface area contributed by atoms with Gasteiger partial charge in [-0.3, -0.25) is 0 Å². The third-order valence-corrected chi connectivity index (χ3v) is 13.8. The molecule has 210 valence electrons. The Labute approximate surface area is 271 Å². The van der Waals surface area contributed by atoms with E-state index in [9.17, 15) is 5.11 Å². The van der Waals surface area contributed by atoms with Gasteiger partial charge in [0.15, 0.2) is 0 Å². The monoisotopic (exact) mass is 664 g/mol. The first-order chi connectivity index (χ1) is 18.1. The van der Waals surface area contributed by atoms with E-state index in [0.717, 1.165) is 17.0 Å². The summed E-state index contributed by atoms with van der Waals surface area (Å²) in [6.45, 7) is 21.8. The largest absolute Gasteiger partial charge is 2.00 e. The molecule has 1 aliphatic carbocycles. The van der Waals surface area contributed by atoms with E-state index >= 15 is 0 Å². The van der Waals surface area contributed by atoms with Gasteiger partial charge in [0.2, 0.25) is 0 Å². The van der Waals surface area contributed by atoms with Crippen molar-refractivity contribution in [3.63, 3.8) is 0 Å². The predicted molar refractivity (Wildman–Crippen MR) is 175 cm³/mol.